The molecule has 1 aliphatic heterocycles. The van der Waals surface area contributed by atoms with E-state index in [2.05, 4.69) is 23.2 Å². The molecule has 0 bridgehead atoms. The monoisotopic (exact) mass is 272 g/mol. The lowest BCUT2D eigenvalue weighted by Crippen LogP contribution is -2.36. The van der Waals surface area contributed by atoms with E-state index in [9.17, 15) is 4.79 Å². The lowest BCUT2D eigenvalue weighted by Gasteiger charge is -2.28. The number of carbonyl (C=O) groups is 1. The van der Waals surface area contributed by atoms with Gasteiger partial charge in [0.25, 0.3) is 0 Å². The summed E-state index contributed by atoms with van der Waals surface area (Å²) in [4.78, 5) is 18.4. The number of nitrogens with zero attached hydrogens (tertiary/aromatic N) is 2. The number of thiazole rings is 1. The maximum Gasteiger partial charge on any atom is 0.223 e. The Hall–Kier alpha value is -1.68. The normalized spacial score (nSPS) is 14.2. The van der Waals surface area contributed by atoms with Crippen molar-refractivity contribution in [2.24, 2.45) is 0 Å². The van der Waals surface area contributed by atoms with Crippen LogP contribution in [0.2, 0.25) is 0 Å². The van der Waals surface area contributed by atoms with Crippen LogP contribution in [-0.4, -0.2) is 22.3 Å². The summed E-state index contributed by atoms with van der Waals surface area (Å²) in [7, 11) is 0. The van der Waals surface area contributed by atoms with E-state index in [-0.39, 0.29) is 5.91 Å². The minimum absolute atomic E-state index is 0.238. The molecule has 1 aromatic heterocycles. The van der Waals surface area contributed by atoms with E-state index >= 15 is 0 Å². The summed E-state index contributed by atoms with van der Waals surface area (Å²) in [6, 6.07) is 8.39. The van der Waals surface area contributed by atoms with Gasteiger partial charge in [-0.1, -0.05) is 24.3 Å². The molecule has 0 saturated heterocycles. The van der Waals surface area contributed by atoms with Crippen molar-refractivity contribution in [3.05, 3.63) is 52.0 Å². The van der Waals surface area contributed by atoms with Crippen LogP contribution in [0.1, 0.15) is 23.2 Å². The van der Waals surface area contributed by atoms with Gasteiger partial charge in [0.2, 0.25) is 5.91 Å². The van der Waals surface area contributed by atoms with E-state index in [1.54, 1.807) is 11.3 Å². The zero-order chi connectivity index (χ0) is 13.1. The first-order chi connectivity index (χ1) is 9.33. The minimum Gasteiger partial charge on any atom is -0.338 e. The van der Waals surface area contributed by atoms with Gasteiger partial charge in [-0.3, -0.25) is 4.79 Å². The molecule has 0 spiro atoms. The maximum atomic E-state index is 12.2. The largest absolute Gasteiger partial charge is 0.338 e. The van der Waals surface area contributed by atoms with Gasteiger partial charge >= 0.3 is 0 Å². The number of rotatable bonds is 3. The van der Waals surface area contributed by atoms with Crippen molar-refractivity contribution >= 4 is 17.2 Å². The van der Waals surface area contributed by atoms with Crippen LogP contribution in [0.3, 0.4) is 0 Å². The van der Waals surface area contributed by atoms with Crippen LogP contribution in [-0.2, 0) is 24.2 Å². The SMILES string of the molecule is O=C(CCc1cscn1)N1CCc2ccccc2C1. The molecule has 3 rings (SSSR count). The highest BCUT2D eigenvalue weighted by Gasteiger charge is 2.19. The van der Waals surface area contributed by atoms with E-state index < -0.39 is 0 Å². The average molecular weight is 272 g/mol. The van der Waals surface area contributed by atoms with Gasteiger partial charge in [-0.2, -0.15) is 0 Å². The van der Waals surface area contributed by atoms with Gasteiger partial charge in [-0.05, 0) is 24.0 Å². The van der Waals surface area contributed by atoms with Crippen molar-refractivity contribution in [1.29, 1.82) is 0 Å². The summed E-state index contributed by atoms with van der Waals surface area (Å²) in [5.74, 6) is 0.238. The number of fused-ring (bicyclic) bond motifs is 1. The molecule has 0 aliphatic carbocycles. The summed E-state index contributed by atoms with van der Waals surface area (Å²) in [5.41, 5.74) is 5.51. The number of benzene rings is 1. The maximum absolute atomic E-state index is 12.2. The highest BCUT2D eigenvalue weighted by molar-refractivity contribution is 7.07. The second-order valence-corrected chi connectivity index (χ2v) is 5.53. The molecule has 1 aliphatic rings. The van der Waals surface area contributed by atoms with Crippen LogP contribution in [0.25, 0.3) is 0 Å². The topological polar surface area (TPSA) is 33.2 Å². The van der Waals surface area contributed by atoms with Crippen LogP contribution >= 0.6 is 11.3 Å². The highest BCUT2D eigenvalue weighted by atomic mass is 32.1. The van der Waals surface area contributed by atoms with Crippen LogP contribution < -0.4 is 0 Å². The van der Waals surface area contributed by atoms with Crippen molar-refractivity contribution in [1.82, 2.24) is 9.88 Å². The van der Waals surface area contributed by atoms with Gasteiger partial charge in [0, 0.05) is 24.9 Å². The number of hydrogen-bond donors (Lipinski definition) is 0. The summed E-state index contributed by atoms with van der Waals surface area (Å²) in [6.45, 7) is 1.60. The molecular formula is C15H16N2OS. The summed E-state index contributed by atoms with van der Waals surface area (Å²) < 4.78 is 0. The lowest BCUT2D eigenvalue weighted by atomic mass is 9.99. The first-order valence-corrected chi connectivity index (χ1v) is 7.49. The zero-order valence-electron chi connectivity index (χ0n) is 10.7. The molecule has 4 heteroatoms. The van der Waals surface area contributed by atoms with Crippen molar-refractivity contribution < 1.29 is 4.79 Å². The smallest absolute Gasteiger partial charge is 0.223 e. The second-order valence-electron chi connectivity index (χ2n) is 4.81. The van der Waals surface area contributed by atoms with Gasteiger partial charge in [0.05, 0.1) is 11.2 Å². The molecule has 1 amide bonds. The zero-order valence-corrected chi connectivity index (χ0v) is 11.5. The Morgan fingerprint density at radius 2 is 2.16 bits per heavy atom. The predicted octanol–water partition coefficient (Wildman–Crippen LogP) is 2.66. The van der Waals surface area contributed by atoms with Crippen LogP contribution in [0.5, 0.6) is 0 Å². The number of amides is 1. The molecule has 0 N–H and O–H groups in total. The fourth-order valence-corrected chi connectivity index (χ4v) is 3.06. The third-order valence-electron chi connectivity index (χ3n) is 3.56. The van der Waals surface area contributed by atoms with E-state index in [1.807, 2.05) is 21.9 Å². The quantitative estimate of drug-likeness (QED) is 0.860. The van der Waals surface area contributed by atoms with E-state index in [1.165, 1.54) is 11.1 Å². The Kier molecular flexibility index (Phi) is 3.60. The Bertz CT molecular complexity index is 565. The Morgan fingerprint density at radius 3 is 2.95 bits per heavy atom. The molecule has 19 heavy (non-hydrogen) atoms. The summed E-state index contributed by atoms with van der Waals surface area (Å²) in [5, 5.41) is 2.01. The van der Waals surface area contributed by atoms with Gasteiger partial charge in [-0.25, -0.2) is 4.98 Å². The Labute approximate surface area is 116 Å². The molecule has 98 valence electrons. The van der Waals surface area contributed by atoms with Crippen LogP contribution in [0.4, 0.5) is 0 Å². The molecule has 0 fully saturated rings. The minimum atomic E-state index is 0.238. The Morgan fingerprint density at radius 1 is 1.32 bits per heavy atom. The number of hydrogen-bond acceptors (Lipinski definition) is 3. The third-order valence-corrected chi connectivity index (χ3v) is 4.20. The molecule has 0 atom stereocenters. The number of aryl methyl sites for hydroxylation is 1. The van der Waals surface area contributed by atoms with Gasteiger partial charge < -0.3 is 4.90 Å². The van der Waals surface area contributed by atoms with E-state index in [0.29, 0.717) is 6.42 Å². The van der Waals surface area contributed by atoms with Crippen molar-refractivity contribution in [2.45, 2.75) is 25.8 Å². The standard InChI is InChI=1S/C15H16N2OS/c18-15(6-5-14-10-19-11-16-14)17-8-7-12-3-1-2-4-13(12)9-17/h1-4,10-11H,5-9H2. The molecule has 2 aromatic rings. The molecule has 3 nitrogen and oxygen atoms in total. The van der Waals surface area contributed by atoms with Crippen molar-refractivity contribution in [2.75, 3.05) is 6.54 Å². The van der Waals surface area contributed by atoms with Crippen LogP contribution in [0.15, 0.2) is 35.2 Å². The Balaban J connectivity index is 1.60. The van der Waals surface area contributed by atoms with Gasteiger partial charge in [-0.15, -0.1) is 11.3 Å². The summed E-state index contributed by atoms with van der Waals surface area (Å²) >= 11 is 1.58. The molecule has 2 heterocycles. The molecule has 0 radical (unpaired) electrons. The first-order valence-electron chi connectivity index (χ1n) is 6.54. The first kappa shape index (κ1) is 12.4. The van der Waals surface area contributed by atoms with Crippen molar-refractivity contribution in [3.8, 4) is 0 Å². The highest BCUT2D eigenvalue weighted by Crippen LogP contribution is 2.19. The lowest BCUT2D eigenvalue weighted by molar-refractivity contribution is -0.132. The molecular weight excluding hydrogens is 256 g/mol. The van der Waals surface area contributed by atoms with E-state index in [4.69, 9.17) is 0 Å². The van der Waals surface area contributed by atoms with Gasteiger partial charge in [0.1, 0.15) is 0 Å². The fraction of sp³-hybridized carbons (Fsp3) is 0.333. The average Bonchev–Trinajstić information content (AvgIpc) is 2.97. The van der Waals surface area contributed by atoms with Crippen molar-refractivity contribution in [3.63, 3.8) is 0 Å². The molecule has 0 unspecified atom stereocenters. The predicted molar refractivity (Wildman–Crippen MR) is 76.0 cm³/mol. The fourth-order valence-electron chi connectivity index (χ4n) is 2.46. The number of carbonyl (C=O) groups excluding carboxylic acids is 1. The number of aromatic nitrogens is 1. The van der Waals surface area contributed by atoms with E-state index in [0.717, 1.165) is 31.6 Å². The molecule has 0 saturated carbocycles. The summed E-state index contributed by atoms with van der Waals surface area (Å²) in [6.07, 6.45) is 2.28. The second kappa shape index (κ2) is 5.53. The van der Waals surface area contributed by atoms with Gasteiger partial charge in [0.15, 0.2) is 0 Å². The third kappa shape index (κ3) is 2.84. The van der Waals surface area contributed by atoms with Crippen LogP contribution in [0, 0.1) is 0 Å². The molecule has 1 aromatic carbocycles.